The molecule has 16 heavy (non-hydrogen) atoms. The lowest BCUT2D eigenvalue weighted by molar-refractivity contribution is 0.0968. The minimum atomic E-state index is -0.736. The molecule has 1 heterocycles. The zero-order chi connectivity index (χ0) is 12.3. The Hall–Kier alpha value is -1.85. The van der Waals surface area contributed by atoms with Crippen LogP contribution in [0.3, 0.4) is 0 Å². The predicted molar refractivity (Wildman–Crippen MR) is 58.7 cm³/mol. The number of hydrogen-bond acceptors (Lipinski definition) is 2. The third-order valence-electron chi connectivity index (χ3n) is 2.00. The van der Waals surface area contributed by atoms with E-state index in [1.54, 1.807) is 0 Å². The lowest BCUT2D eigenvalue weighted by Crippen LogP contribution is -2.36. The molecule has 0 aromatic carbocycles. The van der Waals surface area contributed by atoms with Gasteiger partial charge in [0.25, 0.3) is 5.91 Å². The Morgan fingerprint density at radius 2 is 2.31 bits per heavy atom. The first-order chi connectivity index (χ1) is 7.41. The molecule has 0 aliphatic carbocycles. The first-order valence-corrected chi connectivity index (χ1v) is 4.93. The first kappa shape index (κ1) is 12.2. The van der Waals surface area contributed by atoms with Crippen LogP contribution in [0.15, 0.2) is 6.20 Å². The van der Waals surface area contributed by atoms with Crippen LogP contribution in [0.4, 0.5) is 4.39 Å². The van der Waals surface area contributed by atoms with Crippen molar-refractivity contribution in [1.29, 1.82) is 5.41 Å². The SMILES string of the molecule is CC(C)Cc1c[nH]c(C(=O)NC(=N)N)c1F. The number of H-pyrrole nitrogens is 1. The molecule has 88 valence electrons. The zero-order valence-corrected chi connectivity index (χ0v) is 9.23. The van der Waals surface area contributed by atoms with Crippen molar-refractivity contribution >= 4 is 11.9 Å². The van der Waals surface area contributed by atoms with E-state index in [-0.39, 0.29) is 5.69 Å². The van der Waals surface area contributed by atoms with Gasteiger partial charge in [0.1, 0.15) is 5.69 Å². The van der Waals surface area contributed by atoms with Crippen molar-refractivity contribution in [1.82, 2.24) is 10.3 Å². The molecule has 1 aromatic rings. The molecule has 0 saturated heterocycles. The van der Waals surface area contributed by atoms with E-state index in [9.17, 15) is 9.18 Å². The molecule has 0 spiro atoms. The van der Waals surface area contributed by atoms with Crippen molar-refractivity contribution in [3.8, 4) is 0 Å². The molecule has 0 unspecified atom stereocenters. The van der Waals surface area contributed by atoms with Gasteiger partial charge < -0.3 is 10.7 Å². The van der Waals surface area contributed by atoms with Crippen molar-refractivity contribution in [3.05, 3.63) is 23.3 Å². The highest BCUT2D eigenvalue weighted by Gasteiger charge is 2.18. The number of carbonyl (C=O) groups is 1. The van der Waals surface area contributed by atoms with Crippen LogP contribution in [0.25, 0.3) is 0 Å². The lowest BCUT2D eigenvalue weighted by Gasteiger charge is -2.02. The van der Waals surface area contributed by atoms with Gasteiger partial charge in [-0.15, -0.1) is 0 Å². The van der Waals surface area contributed by atoms with Gasteiger partial charge >= 0.3 is 0 Å². The summed E-state index contributed by atoms with van der Waals surface area (Å²) >= 11 is 0. The fourth-order valence-corrected chi connectivity index (χ4v) is 1.38. The standard InChI is InChI=1S/C10H15FN4O/c1-5(2)3-6-4-14-8(7(6)11)9(16)15-10(12)13/h4-5,14H,3H2,1-2H3,(H4,12,13,15,16). The van der Waals surface area contributed by atoms with Gasteiger partial charge in [-0.05, 0) is 12.3 Å². The molecule has 0 aliphatic rings. The van der Waals surface area contributed by atoms with E-state index in [1.165, 1.54) is 6.20 Å². The number of nitrogens with one attached hydrogen (secondary N) is 3. The van der Waals surface area contributed by atoms with Crippen LogP contribution in [0.1, 0.15) is 29.9 Å². The van der Waals surface area contributed by atoms with Crippen LogP contribution in [-0.2, 0) is 6.42 Å². The second-order valence-electron chi connectivity index (χ2n) is 3.97. The second kappa shape index (κ2) is 4.78. The molecule has 5 N–H and O–H groups in total. The van der Waals surface area contributed by atoms with Crippen molar-refractivity contribution in [2.45, 2.75) is 20.3 Å². The monoisotopic (exact) mass is 226 g/mol. The molecule has 5 nitrogen and oxygen atoms in total. The van der Waals surface area contributed by atoms with Crippen LogP contribution in [0, 0.1) is 17.1 Å². The largest absolute Gasteiger partial charge is 0.370 e. The molecule has 0 bridgehead atoms. The summed E-state index contributed by atoms with van der Waals surface area (Å²) in [5.41, 5.74) is 5.26. The third kappa shape index (κ3) is 2.82. The maximum absolute atomic E-state index is 13.7. The van der Waals surface area contributed by atoms with Crippen LogP contribution in [0.2, 0.25) is 0 Å². The lowest BCUT2D eigenvalue weighted by atomic mass is 10.1. The van der Waals surface area contributed by atoms with Crippen LogP contribution >= 0.6 is 0 Å². The van der Waals surface area contributed by atoms with Gasteiger partial charge in [-0.1, -0.05) is 13.8 Å². The van der Waals surface area contributed by atoms with Gasteiger partial charge in [-0.25, -0.2) is 4.39 Å². The van der Waals surface area contributed by atoms with E-state index >= 15 is 0 Å². The molecule has 1 aromatic heterocycles. The highest BCUT2D eigenvalue weighted by atomic mass is 19.1. The summed E-state index contributed by atoms with van der Waals surface area (Å²) in [5, 5.41) is 8.89. The highest BCUT2D eigenvalue weighted by Crippen LogP contribution is 2.15. The topological polar surface area (TPSA) is 94.8 Å². The number of rotatable bonds is 3. The Labute approximate surface area is 92.7 Å². The summed E-state index contributed by atoms with van der Waals surface area (Å²) < 4.78 is 13.7. The number of halogens is 1. The van der Waals surface area contributed by atoms with Crippen molar-refractivity contribution < 1.29 is 9.18 Å². The average Bonchev–Trinajstić information content (AvgIpc) is 2.46. The second-order valence-corrected chi connectivity index (χ2v) is 3.97. The Morgan fingerprint density at radius 1 is 1.69 bits per heavy atom. The maximum atomic E-state index is 13.7. The summed E-state index contributed by atoms with van der Waals surface area (Å²) in [6.45, 7) is 3.92. The number of hydrogen-bond donors (Lipinski definition) is 4. The Balaban J connectivity index is 2.86. The number of amides is 1. The Kier molecular flexibility index (Phi) is 3.65. The summed E-state index contributed by atoms with van der Waals surface area (Å²) in [6, 6.07) is 0. The summed E-state index contributed by atoms with van der Waals surface area (Å²) in [7, 11) is 0. The van der Waals surface area contributed by atoms with E-state index in [4.69, 9.17) is 11.1 Å². The summed E-state index contributed by atoms with van der Waals surface area (Å²) in [4.78, 5) is 13.9. The minimum absolute atomic E-state index is 0.189. The van der Waals surface area contributed by atoms with Crippen molar-refractivity contribution in [3.63, 3.8) is 0 Å². The number of nitrogens with two attached hydrogens (primary N) is 1. The Morgan fingerprint density at radius 3 is 2.81 bits per heavy atom. The van der Waals surface area contributed by atoms with Gasteiger partial charge in [0.15, 0.2) is 11.8 Å². The smallest absolute Gasteiger partial charge is 0.277 e. The van der Waals surface area contributed by atoms with E-state index in [0.717, 1.165) is 0 Å². The molecular formula is C10H15FN4O. The third-order valence-corrected chi connectivity index (χ3v) is 2.00. The van der Waals surface area contributed by atoms with Crippen molar-refractivity contribution in [2.75, 3.05) is 0 Å². The molecular weight excluding hydrogens is 211 g/mol. The van der Waals surface area contributed by atoms with Crippen LogP contribution in [0.5, 0.6) is 0 Å². The molecule has 0 saturated carbocycles. The molecule has 0 atom stereocenters. The number of guanidine groups is 1. The predicted octanol–water partition coefficient (Wildman–Crippen LogP) is 0.976. The summed E-state index contributed by atoms with van der Waals surface area (Å²) in [5.74, 6) is -1.52. The van der Waals surface area contributed by atoms with E-state index < -0.39 is 17.7 Å². The van der Waals surface area contributed by atoms with Crippen molar-refractivity contribution in [2.24, 2.45) is 11.7 Å². The number of aromatic amines is 1. The highest BCUT2D eigenvalue weighted by molar-refractivity contribution is 6.03. The van der Waals surface area contributed by atoms with E-state index in [2.05, 4.69) is 4.98 Å². The molecule has 1 rings (SSSR count). The van der Waals surface area contributed by atoms with Gasteiger partial charge in [0.2, 0.25) is 0 Å². The molecule has 0 fully saturated rings. The fourth-order valence-electron chi connectivity index (χ4n) is 1.38. The summed E-state index contributed by atoms with van der Waals surface area (Å²) in [6.07, 6.45) is 2.01. The normalized spacial score (nSPS) is 10.5. The fraction of sp³-hybridized carbons (Fsp3) is 0.400. The van der Waals surface area contributed by atoms with Crippen LogP contribution < -0.4 is 11.1 Å². The minimum Gasteiger partial charge on any atom is -0.370 e. The van der Waals surface area contributed by atoms with Gasteiger partial charge in [-0.3, -0.25) is 15.5 Å². The zero-order valence-electron chi connectivity index (χ0n) is 9.23. The average molecular weight is 226 g/mol. The van der Waals surface area contributed by atoms with Gasteiger partial charge in [-0.2, -0.15) is 0 Å². The number of carbonyl (C=O) groups excluding carboxylic acids is 1. The number of aromatic nitrogens is 1. The van der Waals surface area contributed by atoms with Gasteiger partial charge in [0.05, 0.1) is 0 Å². The Bertz CT molecular complexity index is 411. The molecule has 6 heteroatoms. The maximum Gasteiger partial charge on any atom is 0.277 e. The quantitative estimate of drug-likeness (QED) is 0.456. The molecule has 0 aliphatic heterocycles. The molecule has 1 amide bonds. The van der Waals surface area contributed by atoms with E-state index in [1.807, 2.05) is 19.2 Å². The van der Waals surface area contributed by atoms with Crippen LogP contribution in [-0.4, -0.2) is 16.9 Å². The molecule has 0 radical (unpaired) electrons. The van der Waals surface area contributed by atoms with E-state index in [0.29, 0.717) is 17.9 Å². The first-order valence-electron chi connectivity index (χ1n) is 4.93. The van der Waals surface area contributed by atoms with Gasteiger partial charge in [0, 0.05) is 11.8 Å².